The predicted molar refractivity (Wildman–Crippen MR) is 62.9 cm³/mol. The summed E-state index contributed by atoms with van der Waals surface area (Å²) in [6.07, 6.45) is 0.448. The molecule has 0 saturated carbocycles. The summed E-state index contributed by atoms with van der Waals surface area (Å²) in [7, 11) is -3.75. The Bertz CT molecular complexity index is 550. The Balaban J connectivity index is 2.20. The Morgan fingerprint density at radius 3 is 2.63 bits per heavy atom. The lowest BCUT2D eigenvalue weighted by molar-refractivity contribution is -0.153. The molecule has 0 aromatic heterocycles. The highest BCUT2D eigenvalue weighted by Gasteiger charge is 2.50. The summed E-state index contributed by atoms with van der Waals surface area (Å²) in [5, 5.41) is 7.76. The van der Waals surface area contributed by atoms with Gasteiger partial charge in [0.15, 0.2) is 5.25 Å². The predicted octanol–water partition coefficient (Wildman–Crippen LogP) is -0.360. The molecule has 19 heavy (non-hydrogen) atoms. The van der Waals surface area contributed by atoms with E-state index in [1.54, 1.807) is 13.0 Å². The maximum absolute atomic E-state index is 12.2. The molecule has 0 radical (unpaired) electrons. The molecule has 0 bridgehead atoms. The first kappa shape index (κ1) is 14.0. The highest BCUT2D eigenvalue weighted by molar-refractivity contribution is 7.90. The molecule has 7 nitrogen and oxygen atoms in total. The summed E-state index contributed by atoms with van der Waals surface area (Å²) in [5.74, 6) is -2.51. The molecule has 0 aromatic rings. The molecule has 0 N–H and O–H groups in total. The van der Waals surface area contributed by atoms with E-state index in [0.717, 1.165) is 4.31 Å². The fourth-order valence-electron chi connectivity index (χ4n) is 2.47. The van der Waals surface area contributed by atoms with Crippen LogP contribution in [0.1, 0.15) is 19.8 Å². The normalized spacial score (nSPS) is 29.5. The van der Waals surface area contributed by atoms with Crippen molar-refractivity contribution in [2.24, 2.45) is 11.8 Å². The molecule has 8 heteroatoms. The maximum atomic E-state index is 12.2. The van der Waals surface area contributed by atoms with Crippen LogP contribution < -0.4 is 0 Å². The highest BCUT2D eigenvalue weighted by Crippen LogP contribution is 2.33. The molecule has 2 aliphatic heterocycles. The number of rotatable bonds is 3. The van der Waals surface area contributed by atoms with E-state index < -0.39 is 39.0 Å². The zero-order chi connectivity index (χ0) is 14.2. The number of ether oxygens (including phenoxy) is 1. The third-order valence-corrected chi connectivity index (χ3v) is 5.83. The molecule has 3 unspecified atom stereocenters. The first-order chi connectivity index (χ1) is 8.91. The molecule has 2 fully saturated rings. The number of fused-ring (bicyclic) bond motifs is 1. The molecular weight excluding hydrogens is 272 g/mol. The van der Waals surface area contributed by atoms with Gasteiger partial charge in [-0.3, -0.25) is 9.59 Å². The van der Waals surface area contributed by atoms with Gasteiger partial charge in [0.2, 0.25) is 10.0 Å². The van der Waals surface area contributed by atoms with Gasteiger partial charge in [-0.05, 0) is 12.8 Å². The molecule has 2 saturated heterocycles. The maximum Gasteiger partial charge on any atom is 0.318 e. The van der Waals surface area contributed by atoms with Crippen LogP contribution in [0.2, 0.25) is 0 Å². The molecule has 0 aromatic carbocycles. The van der Waals surface area contributed by atoms with Crippen molar-refractivity contribution in [3.05, 3.63) is 0 Å². The second-order valence-electron chi connectivity index (χ2n) is 4.67. The van der Waals surface area contributed by atoms with E-state index in [1.165, 1.54) is 0 Å². The summed E-state index contributed by atoms with van der Waals surface area (Å²) in [4.78, 5) is 22.8. The highest BCUT2D eigenvalue weighted by atomic mass is 32.2. The Kier molecular flexibility index (Phi) is 3.60. The van der Waals surface area contributed by atoms with Gasteiger partial charge in [0.1, 0.15) is 0 Å². The zero-order valence-electron chi connectivity index (χ0n) is 10.4. The van der Waals surface area contributed by atoms with Crippen molar-refractivity contribution in [1.82, 2.24) is 4.31 Å². The number of esters is 2. The summed E-state index contributed by atoms with van der Waals surface area (Å²) in [6, 6.07) is 1.76. The average Bonchev–Trinajstić information content (AvgIpc) is 2.66. The zero-order valence-corrected chi connectivity index (χ0v) is 11.2. The number of piperidine rings is 1. The number of cyclic esters (lactones) is 2. The van der Waals surface area contributed by atoms with Crippen LogP contribution in [-0.4, -0.2) is 43.0 Å². The molecule has 2 heterocycles. The molecule has 0 spiro atoms. The van der Waals surface area contributed by atoms with E-state index in [4.69, 9.17) is 5.26 Å². The van der Waals surface area contributed by atoms with Gasteiger partial charge in [0, 0.05) is 13.1 Å². The minimum absolute atomic E-state index is 0.0737. The van der Waals surface area contributed by atoms with Crippen molar-refractivity contribution in [1.29, 1.82) is 5.26 Å². The molecule has 104 valence electrons. The first-order valence-corrected chi connectivity index (χ1v) is 7.56. The van der Waals surface area contributed by atoms with Crippen molar-refractivity contribution >= 4 is 22.0 Å². The Hall–Kier alpha value is -1.46. The smallest absolute Gasteiger partial charge is 0.318 e. The van der Waals surface area contributed by atoms with E-state index in [-0.39, 0.29) is 25.9 Å². The van der Waals surface area contributed by atoms with Crippen LogP contribution in [0.5, 0.6) is 0 Å². The number of carbonyl (C=O) groups is 2. The third-order valence-electron chi connectivity index (χ3n) is 3.62. The Morgan fingerprint density at radius 1 is 1.42 bits per heavy atom. The number of hydrogen-bond acceptors (Lipinski definition) is 6. The largest absolute Gasteiger partial charge is 0.393 e. The number of hydrogen-bond donors (Lipinski definition) is 0. The van der Waals surface area contributed by atoms with E-state index in [9.17, 15) is 18.0 Å². The second-order valence-corrected chi connectivity index (χ2v) is 6.79. The van der Waals surface area contributed by atoms with Crippen LogP contribution >= 0.6 is 0 Å². The molecule has 0 aliphatic carbocycles. The third kappa shape index (κ3) is 2.24. The topological polar surface area (TPSA) is 105 Å². The van der Waals surface area contributed by atoms with Crippen LogP contribution in [-0.2, 0) is 24.3 Å². The van der Waals surface area contributed by atoms with Gasteiger partial charge < -0.3 is 4.74 Å². The number of nitriles is 1. The lowest BCUT2D eigenvalue weighted by Crippen LogP contribution is -2.47. The summed E-state index contributed by atoms with van der Waals surface area (Å²) in [6.45, 7) is 1.69. The van der Waals surface area contributed by atoms with Crippen LogP contribution in [0.25, 0.3) is 0 Å². The van der Waals surface area contributed by atoms with E-state index in [2.05, 4.69) is 4.74 Å². The molecule has 2 rings (SSSR count). The monoisotopic (exact) mass is 286 g/mol. The molecule has 3 atom stereocenters. The van der Waals surface area contributed by atoms with Gasteiger partial charge in [-0.25, -0.2) is 8.42 Å². The standard InChI is InChI=1S/C11H14N2O5S/c1-2-7(5-12)19(16,17)13-4-3-8-9(6-13)11(15)18-10(8)14/h7-9H,2-4,6H2,1H3. The van der Waals surface area contributed by atoms with E-state index in [1.807, 2.05) is 0 Å². The van der Waals surface area contributed by atoms with Crippen molar-refractivity contribution in [3.63, 3.8) is 0 Å². The van der Waals surface area contributed by atoms with Crippen LogP contribution in [0, 0.1) is 23.2 Å². The average molecular weight is 286 g/mol. The first-order valence-electron chi connectivity index (χ1n) is 6.06. The number of carbonyl (C=O) groups excluding carboxylic acids is 2. The Morgan fingerprint density at radius 2 is 2.05 bits per heavy atom. The lowest BCUT2D eigenvalue weighted by atomic mass is 9.89. The SMILES string of the molecule is CCC(C#N)S(=O)(=O)N1CCC2C(=O)OC(=O)C2C1. The van der Waals surface area contributed by atoms with Gasteiger partial charge in [-0.15, -0.1) is 0 Å². The minimum atomic E-state index is -3.75. The van der Waals surface area contributed by atoms with Crippen molar-refractivity contribution < 1.29 is 22.7 Å². The van der Waals surface area contributed by atoms with Crippen molar-refractivity contribution in [2.75, 3.05) is 13.1 Å². The van der Waals surface area contributed by atoms with E-state index in [0.29, 0.717) is 0 Å². The summed E-state index contributed by atoms with van der Waals surface area (Å²) < 4.78 is 30.0. The quantitative estimate of drug-likeness (QED) is 0.518. The second kappa shape index (κ2) is 4.90. The minimum Gasteiger partial charge on any atom is -0.393 e. The van der Waals surface area contributed by atoms with Gasteiger partial charge in [0.05, 0.1) is 17.9 Å². The molecule has 0 amide bonds. The van der Waals surface area contributed by atoms with Gasteiger partial charge >= 0.3 is 11.9 Å². The lowest BCUT2D eigenvalue weighted by Gasteiger charge is -2.31. The number of sulfonamides is 1. The van der Waals surface area contributed by atoms with E-state index >= 15 is 0 Å². The van der Waals surface area contributed by atoms with Gasteiger partial charge in [0.25, 0.3) is 0 Å². The van der Waals surface area contributed by atoms with Crippen molar-refractivity contribution in [3.8, 4) is 6.07 Å². The molecular formula is C11H14N2O5S. The fraction of sp³-hybridized carbons (Fsp3) is 0.727. The fourth-order valence-corrected chi connectivity index (χ4v) is 4.12. The summed E-state index contributed by atoms with van der Waals surface area (Å²) in [5.41, 5.74) is 0. The van der Waals surface area contributed by atoms with Crippen LogP contribution in [0.15, 0.2) is 0 Å². The van der Waals surface area contributed by atoms with Crippen LogP contribution in [0.3, 0.4) is 0 Å². The van der Waals surface area contributed by atoms with Gasteiger partial charge in [-0.1, -0.05) is 6.92 Å². The summed E-state index contributed by atoms with van der Waals surface area (Å²) >= 11 is 0. The molecule has 2 aliphatic rings. The Labute approximate surface area is 111 Å². The number of nitrogens with zero attached hydrogens (tertiary/aromatic N) is 2. The van der Waals surface area contributed by atoms with Crippen LogP contribution in [0.4, 0.5) is 0 Å². The van der Waals surface area contributed by atoms with Gasteiger partial charge in [-0.2, -0.15) is 9.57 Å². The van der Waals surface area contributed by atoms with Crippen molar-refractivity contribution in [2.45, 2.75) is 25.0 Å².